The molecule has 0 spiro atoms. The standard InChI is InChI=1S/C15H22N2O2/c1-11(2)10-17(4)15(19)14-7-5-13(6-8-14)9-16-12(3)18/h5-8,11H,9-10H2,1-4H3,(H,16,18). The number of nitrogens with zero attached hydrogens (tertiary/aromatic N) is 1. The van der Waals surface area contributed by atoms with Crippen molar-refractivity contribution in [1.82, 2.24) is 10.2 Å². The molecule has 0 saturated carbocycles. The van der Waals surface area contributed by atoms with Crippen LogP contribution in [0.15, 0.2) is 24.3 Å². The maximum atomic E-state index is 12.1. The van der Waals surface area contributed by atoms with E-state index in [0.29, 0.717) is 18.0 Å². The van der Waals surface area contributed by atoms with Gasteiger partial charge in [0.15, 0.2) is 0 Å². The summed E-state index contributed by atoms with van der Waals surface area (Å²) in [4.78, 5) is 24.7. The Kier molecular flexibility index (Phi) is 5.55. The van der Waals surface area contributed by atoms with Crippen molar-refractivity contribution in [3.63, 3.8) is 0 Å². The quantitative estimate of drug-likeness (QED) is 0.883. The second-order valence-corrected chi connectivity index (χ2v) is 5.19. The highest BCUT2D eigenvalue weighted by molar-refractivity contribution is 5.94. The van der Waals surface area contributed by atoms with Crippen LogP contribution < -0.4 is 5.32 Å². The van der Waals surface area contributed by atoms with E-state index < -0.39 is 0 Å². The zero-order chi connectivity index (χ0) is 14.4. The van der Waals surface area contributed by atoms with Gasteiger partial charge in [-0.1, -0.05) is 26.0 Å². The molecule has 0 fully saturated rings. The van der Waals surface area contributed by atoms with Crippen molar-refractivity contribution in [1.29, 1.82) is 0 Å². The average Bonchev–Trinajstić information content (AvgIpc) is 2.35. The first kappa shape index (κ1) is 15.2. The highest BCUT2D eigenvalue weighted by Crippen LogP contribution is 2.08. The first-order valence-electron chi connectivity index (χ1n) is 6.49. The molecule has 0 saturated heterocycles. The van der Waals surface area contributed by atoms with Crippen LogP contribution in [0.2, 0.25) is 0 Å². The van der Waals surface area contributed by atoms with Gasteiger partial charge in [0.25, 0.3) is 5.91 Å². The van der Waals surface area contributed by atoms with Gasteiger partial charge in [-0.2, -0.15) is 0 Å². The van der Waals surface area contributed by atoms with Crippen molar-refractivity contribution < 1.29 is 9.59 Å². The molecule has 4 heteroatoms. The molecule has 1 rings (SSSR count). The Morgan fingerprint density at radius 2 is 1.79 bits per heavy atom. The van der Waals surface area contributed by atoms with Gasteiger partial charge in [-0.25, -0.2) is 0 Å². The third-order valence-corrected chi connectivity index (χ3v) is 2.73. The Hall–Kier alpha value is -1.84. The Morgan fingerprint density at radius 1 is 1.21 bits per heavy atom. The van der Waals surface area contributed by atoms with Crippen LogP contribution in [0, 0.1) is 5.92 Å². The van der Waals surface area contributed by atoms with Gasteiger partial charge in [0.1, 0.15) is 0 Å². The highest BCUT2D eigenvalue weighted by atomic mass is 16.2. The number of carbonyl (C=O) groups is 2. The Balaban J connectivity index is 2.65. The lowest BCUT2D eigenvalue weighted by Gasteiger charge is -2.19. The third kappa shape index (κ3) is 5.12. The molecule has 1 aromatic rings. The van der Waals surface area contributed by atoms with Gasteiger partial charge in [0.2, 0.25) is 5.91 Å². The fourth-order valence-corrected chi connectivity index (χ4v) is 1.84. The number of hydrogen-bond donors (Lipinski definition) is 1. The van der Waals surface area contributed by atoms with Gasteiger partial charge in [-0.05, 0) is 23.6 Å². The van der Waals surface area contributed by atoms with Crippen molar-refractivity contribution in [3.8, 4) is 0 Å². The molecule has 0 bridgehead atoms. The SMILES string of the molecule is CC(=O)NCc1ccc(C(=O)N(C)CC(C)C)cc1. The second-order valence-electron chi connectivity index (χ2n) is 5.19. The molecule has 0 aliphatic heterocycles. The lowest BCUT2D eigenvalue weighted by atomic mass is 10.1. The van der Waals surface area contributed by atoms with Crippen LogP contribution in [0.25, 0.3) is 0 Å². The van der Waals surface area contributed by atoms with Gasteiger partial charge < -0.3 is 10.2 Å². The van der Waals surface area contributed by atoms with E-state index in [0.717, 1.165) is 12.1 Å². The maximum absolute atomic E-state index is 12.1. The Labute approximate surface area is 114 Å². The summed E-state index contributed by atoms with van der Waals surface area (Å²) in [7, 11) is 1.81. The molecule has 1 aromatic carbocycles. The molecular weight excluding hydrogens is 240 g/mol. The lowest BCUT2D eigenvalue weighted by molar-refractivity contribution is -0.119. The van der Waals surface area contributed by atoms with E-state index in [2.05, 4.69) is 19.2 Å². The predicted octanol–water partition coefficient (Wildman–Crippen LogP) is 2.05. The minimum absolute atomic E-state index is 0.0276. The van der Waals surface area contributed by atoms with E-state index in [1.165, 1.54) is 6.92 Å². The summed E-state index contributed by atoms with van der Waals surface area (Å²) >= 11 is 0. The molecule has 2 amide bonds. The van der Waals surface area contributed by atoms with Crippen LogP contribution in [0.5, 0.6) is 0 Å². The zero-order valence-corrected chi connectivity index (χ0v) is 12.1. The van der Waals surface area contributed by atoms with Gasteiger partial charge in [-0.3, -0.25) is 9.59 Å². The molecule has 0 aliphatic carbocycles. The van der Waals surface area contributed by atoms with Crippen molar-refractivity contribution in [2.24, 2.45) is 5.92 Å². The zero-order valence-electron chi connectivity index (χ0n) is 12.1. The van der Waals surface area contributed by atoms with Crippen LogP contribution in [-0.2, 0) is 11.3 Å². The number of carbonyl (C=O) groups excluding carboxylic acids is 2. The van der Waals surface area contributed by atoms with E-state index >= 15 is 0 Å². The van der Waals surface area contributed by atoms with Crippen LogP contribution in [-0.4, -0.2) is 30.3 Å². The number of amides is 2. The monoisotopic (exact) mass is 262 g/mol. The Morgan fingerprint density at radius 3 is 2.26 bits per heavy atom. The number of hydrogen-bond acceptors (Lipinski definition) is 2. The molecule has 4 nitrogen and oxygen atoms in total. The van der Waals surface area contributed by atoms with Crippen molar-refractivity contribution >= 4 is 11.8 Å². The first-order valence-corrected chi connectivity index (χ1v) is 6.49. The number of rotatable bonds is 5. The summed E-state index contributed by atoms with van der Waals surface area (Å²) in [6.45, 7) is 6.89. The molecule has 0 radical (unpaired) electrons. The largest absolute Gasteiger partial charge is 0.352 e. The summed E-state index contributed by atoms with van der Waals surface area (Å²) in [5, 5.41) is 2.73. The van der Waals surface area contributed by atoms with E-state index in [1.807, 2.05) is 19.2 Å². The van der Waals surface area contributed by atoms with Crippen molar-refractivity contribution in [3.05, 3.63) is 35.4 Å². The minimum Gasteiger partial charge on any atom is -0.352 e. The summed E-state index contributed by atoms with van der Waals surface area (Å²) in [6.07, 6.45) is 0. The normalized spacial score (nSPS) is 10.4. The minimum atomic E-state index is -0.0585. The molecule has 1 N–H and O–H groups in total. The second kappa shape index (κ2) is 6.92. The smallest absolute Gasteiger partial charge is 0.253 e. The van der Waals surface area contributed by atoms with E-state index in [1.54, 1.807) is 17.0 Å². The number of nitrogens with one attached hydrogen (secondary N) is 1. The maximum Gasteiger partial charge on any atom is 0.253 e. The summed E-state index contributed by atoms with van der Waals surface area (Å²) in [5.74, 6) is 0.421. The third-order valence-electron chi connectivity index (χ3n) is 2.73. The van der Waals surface area contributed by atoms with Gasteiger partial charge >= 0.3 is 0 Å². The van der Waals surface area contributed by atoms with Gasteiger partial charge in [0, 0.05) is 32.6 Å². The van der Waals surface area contributed by atoms with Crippen LogP contribution in [0.4, 0.5) is 0 Å². The molecular formula is C15H22N2O2. The first-order chi connectivity index (χ1) is 8.90. The highest BCUT2D eigenvalue weighted by Gasteiger charge is 2.12. The lowest BCUT2D eigenvalue weighted by Crippen LogP contribution is -2.30. The summed E-state index contributed by atoms with van der Waals surface area (Å²) < 4.78 is 0. The molecule has 0 unspecified atom stereocenters. The topological polar surface area (TPSA) is 49.4 Å². The molecule has 0 heterocycles. The van der Waals surface area contributed by atoms with Gasteiger partial charge in [-0.15, -0.1) is 0 Å². The van der Waals surface area contributed by atoms with Gasteiger partial charge in [0.05, 0.1) is 0 Å². The average molecular weight is 262 g/mol. The fraction of sp³-hybridized carbons (Fsp3) is 0.467. The summed E-state index contributed by atoms with van der Waals surface area (Å²) in [6, 6.07) is 7.34. The molecule has 0 atom stereocenters. The molecule has 0 aromatic heterocycles. The molecule has 19 heavy (non-hydrogen) atoms. The van der Waals surface area contributed by atoms with Crippen LogP contribution >= 0.6 is 0 Å². The Bertz CT molecular complexity index is 438. The van der Waals surface area contributed by atoms with Crippen LogP contribution in [0.3, 0.4) is 0 Å². The molecule has 104 valence electrons. The summed E-state index contributed by atoms with van der Waals surface area (Å²) in [5.41, 5.74) is 1.66. The van der Waals surface area contributed by atoms with Crippen molar-refractivity contribution in [2.75, 3.05) is 13.6 Å². The predicted molar refractivity (Wildman–Crippen MR) is 75.8 cm³/mol. The van der Waals surface area contributed by atoms with E-state index in [9.17, 15) is 9.59 Å². The van der Waals surface area contributed by atoms with Crippen LogP contribution in [0.1, 0.15) is 36.7 Å². The fourth-order valence-electron chi connectivity index (χ4n) is 1.84. The van der Waals surface area contributed by atoms with E-state index in [-0.39, 0.29) is 11.8 Å². The van der Waals surface area contributed by atoms with Crippen molar-refractivity contribution in [2.45, 2.75) is 27.3 Å². The number of benzene rings is 1. The molecule has 0 aliphatic rings. The van der Waals surface area contributed by atoms with E-state index in [4.69, 9.17) is 0 Å².